The Morgan fingerprint density at radius 1 is 1.58 bits per heavy atom. The van der Waals surface area contributed by atoms with E-state index in [0.29, 0.717) is 5.82 Å². The summed E-state index contributed by atoms with van der Waals surface area (Å²) in [6.45, 7) is 9.29. The van der Waals surface area contributed by atoms with Gasteiger partial charge in [-0.3, -0.25) is 0 Å². The van der Waals surface area contributed by atoms with Gasteiger partial charge < -0.3 is 15.8 Å². The number of nitrogens with zero attached hydrogens (tertiary/aromatic N) is 1. The maximum absolute atomic E-state index is 5.87. The smallest absolute Gasteiger partial charge is 0.190 e. The molecule has 19 heavy (non-hydrogen) atoms. The van der Waals surface area contributed by atoms with Crippen LogP contribution in [0.25, 0.3) is 5.57 Å². The second-order valence-electron chi connectivity index (χ2n) is 4.76. The Kier molecular flexibility index (Phi) is 4.10. The fourth-order valence-electron chi connectivity index (χ4n) is 2.14. The fourth-order valence-corrected chi connectivity index (χ4v) is 2.14. The number of ether oxygens (including phenoxy) is 1. The third-order valence-corrected chi connectivity index (χ3v) is 3.28. The van der Waals surface area contributed by atoms with Crippen LogP contribution >= 0.6 is 0 Å². The average molecular weight is 259 g/mol. The van der Waals surface area contributed by atoms with E-state index >= 15 is 0 Å². The minimum Gasteiger partial charge on any atom is -0.476 e. The molecule has 4 nitrogen and oxygen atoms in total. The van der Waals surface area contributed by atoms with Crippen molar-refractivity contribution in [3.63, 3.8) is 0 Å². The van der Waals surface area contributed by atoms with Gasteiger partial charge in [0.25, 0.3) is 0 Å². The van der Waals surface area contributed by atoms with Crippen LogP contribution in [0.5, 0.6) is 0 Å². The Labute approximate surface area is 114 Å². The molecule has 0 spiro atoms. The van der Waals surface area contributed by atoms with Crippen molar-refractivity contribution in [1.29, 1.82) is 0 Å². The largest absolute Gasteiger partial charge is 0.476 e. The number of nitrogens with one attached hydrogen (secondary N) is 1. The summed E-state index contributed by atoms with van der Waals surface area (Å²) in [5.41, 5.74) is 8.61. The topological polar surface area (TPSA) is 60.2 Å². The van der Waals surface area contributed by atoms with Crippen LogP contribution in [0.4, 0.5) is 5.82 Å². The van der Waals surface area contributed by atoms with Crippen LogP contribution in [-0.2, 0) is 4.74 Å². The first-order valence-electron chi connectivity index (χ1n) is 6.66. The number of hydrogen-bond donors (Lipinski definition) is 2. The molecule has 1 aliphatic heterocycles. The quantitative estimate of drug-likeness (QED) is 0.876. The van der Waals surface area contributed by atoms with E-state index in [9.17, 15) is 0 Å². The molecule has 0 amide bonds. The Hall–Kier alpha value is -1.97. The molecule has 1 saturated heterocycles. The molecule has 0 unspecified atom stereocenters. The number of aromatic nitrogens is 1. The zero-order valence-electron chi connectivity index (χ0n) is 11.6. The van der Waals surface area contributed by atoms with Crippen molar-refractivity contribution in [3.8, 4) is 0 Å². The molecule has 0 bridgehead atoms. The van der Waals surface area contributed by atoms with Crippen LogP contribution in [-0.4, -0.2) is 17.6 Å². The van der Waals surface area contributed by atoms with Crippen molar-refractivity contribution in [3.05, 3.63) is 41.9 Å². The van der Waals surface area contributed by atoms with Gasteiger partial charge in [0.1, 0.15) is 5.82 Å². The van der Waals surface area contributed by atoms with E-state index in [1.165, 1.54) is 0 Å². The van der Waals surface area contributed by atoms with E-state index in [-0.39, 0.29) is 6.10 Å². The maximum atomic E-state index is 5.87. The van der Waals surface area contributed by atoms with Crippen molar-refractivity contribution in [1.82, 2.24) is 10.3 Å². The molecular formula is C15H21N3O. The number of pyridine rings is 1. The Bertz CT molecular complexity index is 491. The lowest BCUT2D eigenvalue weighted by Gasteiger charge is -2.27. The summed E-state index contributed by atoms with van der Waals surface area (Å²) in [5, 5.41) is 3.31. The van der Waals surface area contributed by atoms with Gasteiger partial charge in [-0.25, -0.2) is 4.98 Å². The first-order chi connectivity index (χ1) is 9.11. The number of nitrogens with two attached hydrogens (primary N) is 1. The Balaban J connectivity index is 2.28. The van der Waals surface area contributed by atoms with E-state index in [0.717, 1.165) is 42.0 Å². The molecule has 102 valence electrons. The number of rotatable bonds is 3. The predicted molar refractivity (Wildman–Crippen MR) is 78.2 cm³/mol. The van der Waals surface area contributed by atoms with Crippen molar-refractivity contribution in [2.75, 3.05) is 12.3 Å². The molecule has 1 aromatic heterocycles. The van der Waals surface area contributed by atoms with Crippen molar-refractivity contribution in [2.45, 2.75) is 32.8 Å². The van der Waals surface area contributed by atoms with E-state index in [1.54, 1.807) is 12.3 Å². The average Bonchev–Trinajstić information content (AvgIpc) is 2.40. The summed E-state index contributed by atoms with van der Waals surface area (Å²) >= 11 is 0. The maximum Gasteiger partial charge on any atom is 0.190 e. The number of allylic oxidation sites excluding steroid dienone is 2. The molecule has 0 saturated carbocycles. The zero-order valence-corrected chi connectivity index (χ0v) is 11.6. The van der Waals surface area contributed by atoms with Crippen LogP contribution in [0.15, 0.2) is 36.4 Å². The van der Waals surface area contributed by atoms with Crippen molar-refractivity contribution < 1.29 is 4.74 Å². The molecule has 1 aromatic rings. The number of anilines is 1. The molecule has 1 fully saturated rings. The molecule has 1 atom stereocenters. The lowest BCUT2D eigenvalue weighted by molar-refractivity contribution is 0.0795. The third kappa shape index (κ3) is 3.08. The van der Waals surface area contributed by atoms with Gasteiger partial charge in [0.2, 0.25) is 0 Å². The summed E-state index contributed by atoms with van der Waals surface area (Å²) in [5.74, 6) is 1.37. The molecule has 0 aromatic carbocycles. The highest BCUT2D eigenvalue weighted by Gasteiger charge is 2.18. The van der Waals surface area contributed by atoms with Gasteiger partial charge >= 0.3 is 0 Å². The van der Waals surface area contributed by atoms with Crippen LogP contribution in [0.2, 0.25) is 0 Å². The van der Waals surface area contributed by atoms with Gasteiger partial charge in [0, 0.05) is 30.3 Å². The highest BCUT2D eigenvalue weighted by molar-refractivity contribution is 5.77. The minimum absolute atomic E-state index is 0.246. The standard InChI is InChI=1S/C15H21N3O/c1-4-13(15-17-8-7-10(2)19-15)11(3)12-5-6-14(16)18-9-12/h5-6,9-10,17H,3-4,7-8H2,1-2H3,(H2,16,18)/b15-13+/t10-/m1/s1. The summed E-state index contributed by atoms with van der Waals surface area (Å²) in [6, 6.07) is 3.73. The van der Waals surface area contributed by atoms with Crippen LogP contribution < -0.4 is 11.1 Å². The first kappa shape index (κ1) is 13.5. The molecule has 3 N–H and O–H groups in total. The van der Waals surface area contributed by atoms with Gasteiger partial charge in [0.05, 0.1) is 6.10 Å². The van der Waals surface area contributed by atoms with E-state index in [4.69, 9.17) is 10.5 Å². The molecule has 1 aliphatic rings. The monoisotopic (exact) mass is 259 g/mol. The molecule has 0 radical (unpaired) electrons. The van der Waals surface area contributed by atoms with E-state index < -0.39 is 0 Å². The fraction of sp³-hybridized carbons (Fsp3) is 0.400. The summed E-state index contributed by atoms with van der Waals surface area (Å²) in [4.78, 5) is 4.11. The van der Waals surface area contributed by atoms with E-state index in [2.05, 4.69) is 30.7 Å². The summed E-state index contributed by atoms with van der Waals surface area (Å²) in [7, 11) is 0. The molecule has 2 rings (SSSR count). The highest BCUT2D eigenvalue weighted by atomic mass is 16.5. The second kappa shape index (κ2) is 5.78. The SMILES string of the molecule is C=C(/C(CC)=C1\NCC[C@@H](C)O1)c1ccc(N)nc1. The number of hydrogen-bond acceptors (Lipinski definition) is 4. The van der Waals surface area contributed by atoms with Gasteiger partial charge in [0.15, 0.2) is 5.88 Å². The minimum atomic E-state index is 0.246. The normalized spacial score (nSPS) is 21.3. The van der Waals surface area contributed by atoms with Crippen LogP contribution in [0, 0.1) is 0 Å². The third-order valence-electron chi connectivity index (χ3n) is 3.28. The lowest BCUT2D eigenvalue weighted by atomic mass is 9.99. The molecule has 4 heteroatoms. The highest BCUT2D eigenvalue weighted by Crippen LogP contribution is 2.27. The Morgan fingerprint density at radius 2 is 2.37 bits per heavy atom. The van der Waals surface area contributed by atoms with Gasteiger partial charge in [-0.05, 0) is 31.1 Å². The van der Waals surface area contributed by atoms with Crippen molar-refractivity contribution >= 4 is 11.4 Å². The molecule has 2 heterocycles. The zero-order chi connectivity index (χ0) is 13.8. The summed E-state index contributed by atoms with van der Waals surface area (Å²) in [6.07, 6.45) is 3.88. The molecule has 0 aliphatic carbocycles. The predicted octanol–water partition coefficient (Wildman–Crippen LogP) is 2.70. The summed E-state index contributed by atoms with van der Waals surface area (Å²) < 4.78 is 5.87. The number of nitrogen functional groups attached to an aromatic ring is 1. The lowest BCUT2D eigenvalue weighted by Crippen LogP contribution is -2.31. The second-order valence-corrected chi connectivity index (χ2v) is 4.76. The van der Waals surface area contributed by atoms with Gasteiger partial charge in [-0.1, -0.05) is 13.5 Å². The first-order valence-corrected chi connectivity index (χ1v) is 6.66. The van der Waals surface area contributed by atoms with Crippen molar-refractivity contribution in [2.24, 2.45) is 0 Å². The van der Waals surface area contributed by atoms with Crippen LogP contribution in [0.1, 0.15) is 32.3 Å². The van der Waals surface area contributed by atoms with E-state index in [1.807, 2.05) is 6.07 Å². The van der Waals surface area contributed by atoms with Gasteiger partial charge in [-0.2, -0.15) is 0 Å². The molecular weight excluding hydrogens is 238 g/mol. The Morgan fingerprint density at radius 3 is 2.95 bits per heavy atom. The van der Waals surface area contributed by atoms with Crippen LogP contribution in [0.3, 0.4) is 0 Å². The van der Waals surface area contributed by atoms with Gasteiger partial charge in [-0.15, -0.1) is 0 Å².